The summed E-state index contributed by atoms with van der Waals surface area (Å²) in [6, 6.07) is 20.9. The molecule has 3 aromatic rings. The second kappa shape index (κ2) is 12.3. The van der Waals surface area contributed by atoms with Crippen LogP contribution in [0.25, 0.3) is 0 Å². The Kier molecular flexibility index (Phi) is 8.91. The van der Waals surface area contributed by atoms with Gasteiger partial charge < -0.3 is 15.5 Å². The maximum absolute atomic E-state index is 13.1. The van der Waals surface area contributed by atoms with Gasteiger partial charge in [-0.3, -0.25) is 14.4 Å². The van der Waals surface area contributed by atoms with Crippen LogP contribution in [0.5, 0.6) is 0 Å². The van der Waals surface area contributed by atoms with Crippen molar-refractivity contribution < 1.29 is 14.4 Å². The maximum Gasteiger partial charge on any atom is 0.240 e. The monoisotopic (exact) mass is 458 g/mol. The van der Waals surface area contributed by atoms with Gasteiger partial charge in [0.15, 0.2) is 0 Å². The van der Waals surface area contributed by atoms with Crippen LogP contribution < -0.4 is 15.5 Å². The van der Waals surface area contributed by atoms with Crippen molar-refractivity contribution in [2.24, 2.45) is 0 Å². The van der Waals surface area contributed by atoms with E-state index in [0.717, 1.165) is 16.7 Å². The lowest BCUT2D eigenvalue weighted by Gasteiger charge is -2.24. The highest BCUT2D eigenvalue weighted by molar-refractivity contribution is 6.01. The molecule has 0 atom stereocenters. The van der Waals surface area contributed by atoms with Gasteiger partial charge >= 0.3 is 0 Å². The van der Waals surface area contributed by atoms with Crippen molar-refractivity contribution in [2.75, 3.05) is 23.3 Å². The number of amides is 3. The van der Waals surface area contributed by atoms with Crippen molar-refractivity contribution in [3.05, 3.63) is 89.6 Å². The van der Waals surface area contributed by atoms with Gasteiger partial charge in [0.1, 0.15) is 12.4 Å². The van der Waals surface area contributed by atoms with Gasteiger partial charge in [0.05, 0.1) is 0 Å². The maximum atomic E-state index is 13.1. The molecule has 1 aromatic heterocycles. The Bertz CT molecular complexity index is 1120. The zero-order valence-electron chi connectivity index (χ0n) is 19.6. The van der Waals surface area contributed by atoms with Crippen LogP contribution in [0.3, 0.4) is 0 Å². The molecule has 0 bridgehead atoms. The van der Waals surface area contributed by atoms with E-state index in [4.69, 9.17) is 0 Å². The summed E-state index contributed by atoms with van der Waals surface area (Å²) in [7, 11) is 0. The van der Waals surface area contributed by atoms with Crippen molar-refractivity contribution in [3.8, 4) is 0 Å². The summed E-state index contributed by atoms with van der Waals surface area (Å²) in [6.07, 6.45) is 2.26. The number of anilines is 2. The van der Waals surface area contributed by atoms with E-state index in [0.29, 0.717) is 24.5 Å². The van der Waals surface area contributed by atoms with E-state index in [1.165, 1.54) is 4.90 Å². The third-order valence-corrected chi connectivity index (χ3v) is 5.34. The molecule has 2 aromatic carbocycles. The number of pyridine rings is 1. The lowest BCUT2D eigenvalue weighted by atomic mass is 10.1. The minimum Gasteiger partial charge on any atom is -0.354 e. The highest BCUT2D eigenvalue weighted by atomic mass is 16.2. The summed E-state index contributed by atoms with van der Waals surface area (Å²) in [5, 5.41) is 5.58. The van der Waals surface area contributed by atoms with Crippen LogP contribution in [0.2, 0.25) is 0 Å². The fraction of sp³-hybridized carbons (Fsp3) is 0.259. The van der Waals surface area contributed by atoms with Crippen LogP contribution in [0.15, 0.2) is 72.9 Å². The van der Waals surface area contributed by atoms with E-state index < -0.39 is 0 Å². The molecule has 0 saturated carbocycles. The number of carbonyl (C=O) groups is 3. The summed E-state index contributed by atoms with van der Waals surface area (Å²) in [4.78, 5) is 43.7. The smallest absolute Gasteiger partial charge is 0.240 e. The van der Waals surface area contributed by atoms with Gasteiger partial charge in [-0.05, 0) is 55.2 Å². The third kappa shape index (κ3) is 7.55. The Morgan fingerprint density at radius 3 is 2.38 bits per heavy atom. The Morgan fingerprint density at radius 2 is 1.65 bits per heavy atom. The van der Waals surface area contributed by atoms with E-state index in [9.17, 15) is 14.4 Å². The molecule has 34 heavy (non-hydrogen) atoms. The van der Waals surface area contributed by atoms with Crippen molar-refractivity contribution in [2.45, 2.75) is 33.1 Å². The molecule has 0 aliphatic rings. The number of aromatic nitrogens is 1. The largest absolute Gasteiger partial charge is 0.354 e. The number of hydrogen-bond acceptors (Lipinski definition) is 4. The highest BCUT2D eigenvalue weighted by Gasteiger charge is 2.21. The second-order valence-electron chi connectivity index (χ2n) is 8.12. The van der Waals surface area contributed by atoms with Gasteiger partial charge in [-0.15, -0.1) is 0 Å². The Balaban J connectivity index is 1.63. The summed E-state index contributed by atoms with van der Waals surface area (Å²) in [5.74, 6) is -0.407. The minimum absolute atomic E-state index is 0.00754. The molecule has 0 radical (unpaired) electrons. The SMILES string of the molecule is Cc1ccc(C)c(N(CC(=O)NCCc2ccccc2)C(=O)CCC(=O)Nc2ccccn2)c1. The van der Waals surface area contributed by atoms with Crippen LogP contribution >= 0.6 is 0 Å². The molecule has 1 heterocycles. The van der Waals surface area contributed by atoms with Crippen LogP contribution in [0.1, 0.15) is 29.5 Å². The number of rotatable bonds is 10. The quantitative estimate of drug-likeness (QED) is 0.483. The molecule has 0 unspecified atom stereocenters. The lowest BCUT2D eigenvalue weighted by molar-refractivity contribution is -0.125. The molecule has 2 N–H and O–H groups in total. The molecule has 0 spiro atoms. The van der Waals surface area contributed by atoms with Gasteiger partial charge in [0, 0.05) is 31.3 Å². The molecule has 0 aliphatic heterocycles. The zero-order chi connectivity index (χ0) is 24.3. The predicted molar refractivity (Wildman–Crippen MR) is 134 cm³/mol. The zero-order valence-corrected chi connectivity index (χ0v) is 19.6. The number of nitrogens with zero attached hydrogens (tertiary/aromatic N) is 2. The van der Waals surface area contributed by atoms with Crippen LogP contribution in [-0.2, 0) is 20.8 Å². The number of hydrogen-bond donors (Lipinski definition) is 2. The topological polar surface area (TPSA) is 91.4 Å². The van der Waals surface area contributed by atoms with Crippen LogP contribution in [0.4, 0.5) is 11.5 Å². The molecule has 3 rings (SSSR count). The van der Waals surface area contributed by atoms with Crippen molar-refractivity contribution in [3.63, 3.8) is 0 Å². The first-order chi connectivity index (χ1) is 16.4. The van der Waals surface area contributed by atoms with Crippen LogP contribution in [-0.4, -0.2) is 35.8 Å². The Morgan fingerprint density at radius 1 is 0.882 bits per heavy atom. The number of carbonyl (C=O) groups excluding carboxylic acids is 3. The fourth-order valence-corrected chi connectivity index (χ4v) is 3.51. The molecule has 0 aliphatic carbocycles. The second-order valence-corrected chi connectivity index (χ2v) is 8.12. The molecule has 176 valence electrons. The third-order valence-electron chi connectivity index (χ3n) is 5.34. The molecule has 0 saturated heterocycles. The fourth-order valence-electron chi connectivity index (χ4n) is 3.51. The Hall–Kier alpha value is -4.00. The molecular formula is C27H30N4O3. The van der Waals surface area contributed by atoms with Gasteiger partial charge in [-0.1, -0.05) is 48.5 Å². The van der Waals surface area contributed by atoms with Crippen molar-refractivity contribution in [1.29, 1.82) is 0 Å². The van der Waals surface area contributed by atoms with E-state index in [-0.39, 0.29) is 37.1 Å². The highest BCUT2D eigenvalue weighted by Crippen LogP contribution is 2.22. The number of nitrogens with one attached hydrogen (secondary N) is 2. The average molecular weight is 459 g/mol. The lowest BCUT2D eigenvalue weighted by Crippen LogP contribution is -2.42. The van der Waals surface area contributed by atoms with Gasteiger partial charge in [-0.2, -0.15) is 0 Å². The molecule has 0 fully saturated rings. The van der Waals surface area contributed by atoms with E-state index in [2.05, 4.69) is 15.6 Å². The number of aryl methyl sites for hydroxylation is 2. The summed E-state index contributed by atoms with van der Waals surface area (Å²) < 4.78 is 0. The van der Waals surface area contributed by atoms with E-state index in [1.54, 1.807) is 24.4 Å². The molecule has 7 nitrogen and oxygen atoms in total. The van der Waals surface area contributed by atoms with Crippen molar-refractivity contribution >= 4 is 29.2 Å². The molecule has 7 heteroatoms. The summed E-state index contributed by atoms with van der Waals surface area (Å²) in [5.41, 5.74) is 3.67. The molecular weight excluding hydrogens is 428 g/mol. The van der Waals surface area contributed by atoms with E-state index in [1.807, 2.05) is 62.4 Å². The normalized spacial score (nSPS) is 10.4. The first kappa shape index (κ1) is 24.6. The van der Waals surface area contributed by atoms with Gasteiger partial charge in [0.25, 0.3) is 0 Å². The minimum atomic E-state index is -0.305. The first-order valence-corrected chi connectivity index (χ1v) is 11.3. The standard InChI is InChI=1S/C27H30N4O3/c1-20-11-12-21(2)23(18-20)31(19-26(33)29-17-15-22-8-4-3-5-9-22)27(34)14-13-25(32)30-24-10-6-7-16-28-24/h3-12,16,18H,13-15,17,19H2,1-2H3,(H,29,33)(H,28,30,32). The van der Waals surface area contributed by atoms with Crippen molar-refractivity contribution in [1.82, 2.24) is 10.3 Å². The average Bonchev–Trinajstić information content (AvgIpc) is 2.84. The van der Waals surface area contributed by atoms with Gasteiger partial charge in [0.2, 0.25) is 17.7 Å². The summed E-state index contributed by atoms with van der Waals surface area (Å²) in [6.45, 7) is 4.20. The predicted octanol–water partition coefficient (Wildman–Crippen LogP) is 3.81. The Labute approximate surface area is 200 Å². The van der Waals surface area contributed by atoms with E-state index >= 15 is 0 Å². The van der Waals surface area contributed by atoms with Gasteiger partial charge in [-0.25, -0.2) is 4.98 Å². The number of benzene rings is 2. The summed E-state index contributed by atoms with van der Waals surface area (Å²) >= 11 is 0. The van der Waals surface area contributed by atoms with Crippen LogP contribution in [0, 0.1) is 13.8 Å². The molecule has 3 amide bonds. The first-order valence-electron chi connectivity index (χ1n) is 11.3.